The van der Waals surface area contributed by atoms with Crippen molar-refractivity contribution in [1.29, 1.82) is 0 Å². The summed E-state index contributed by atoms with van der Waals surface area (Å²) in [6.45, 7) is 8.42. The molecular weight excluding hydrogens is 174 g/mol. The molecule has 2 heteroatoms. The van der Waals surface area contributed by atoms with Crippen LogP contribution in [0.15, 0.2) is 12.1 Å². The van der Waals surface area contributed by atoms with Crippen molar-refractivity contribution >= 4 is 0 Å². The molecule has 0 radical (unpaired) electrons. The van der Waals surface area contributed by atoms with Crippen LogP contribution in [0.4, 0.5) is 0 Å². The molecule has 0 aromatic carbocycles. The van der Waals surface area contributed by atoms with Gasteiger partial charge >= 0.3 is 0 Å². The first kappa shape index (κ1) is 9.78. The lowest BCUT2D eigenvalue weighted by Crippen LogP contribution is -2.40. The highest BCUT2D eigenvalue weighted by Crippen LogP contribution is 2.30. The zero-order valence-corrected chi connectivity index (χ0v) is 9.34. The van der Waals surface area contributed by atoms with E-state index < -0.39 is 0 Å². The maximum absolute atomic E-state index is 5.60. The van der Waals surface area contributed by atoms with Gasteiger partial charge in [-0.1, -0.05) is 0 Å². The van der Waals surface area contributed by atoms with Gasteiger partial charge in [0.05, 0.1) is 12.1 Å². The molecule has 78 valence electrons. The Morgan fingerprint density at radius 2 is 1.93 bits per heavy atom. The van der Waals surface area contributed by atoms with Gasteiger partial charge < -0.3 is 9.30 Å². The fraction of sp³-hybridized carbons (Fsp3) is 0.667. The van der Waals surface area contributed by atoms with Crippen molar-refractivity contribution in [2.75, 3.05) is 13.2 Å². The molecule has 1 aliphatic rings. The Bertz CT molecular complexity index is 302. The van der Waals surface area contributed by atoms with Crippen LogP contribution < -0.4 is 0 Å². The molecule has 1 aromatic rings. The van der Waals surface area contributed by atoms with Crippen LogP contribution in [-0.2, 0) is 10.3 Å². The Labute approximate surface area is 85.9 Å². The molecule has 0 bridgehead atoms. The second kappa shape index (κ2) is 3.43. The Morgan fingerprint density at radius 1 is 1.29 bits per heavy atom. The van der Waals surface area contributed by atoms with Crippen LogP contribution in [0.2, 0.25) is 0 Å². The number of nitrogens with zero attached hydrogens (tertiary/aromatic N) is 1. The molecule has 0 saturated carbocycles. The molecular formula is C12H19NO. The van der Waals surface area contributed by atoms with Gasteiger partial charge in [-0.15, -0.1) is 0 Å². The number of hydrogen-bond donors (Lipinski definition) is 0. The molecule has 1 aromatic heterocycles. The summed E-state index contributed by atoms with van der Waals surface area (Å²) in [5.74, 6) is 0. The van der Waals surface area contributed by atoms with Crippen molar-refractivity contribution in [2.45, 2.75) is 39.2 Å². The summed E-state index contributed by atoms with van der Waals surface area (Å²) in [4.78, 5) is 0. The summed E-state index contributed by atoms with van der Waals surface area (Å²) in [5.41, 5.74) is 2.86. The van der Waals surface area contributed by atoms with Crippen LogP contribution in [0.25, 0.3) is 0 Å². The third-order valence-corrected chi connectivity index (χ3v) is 3.23. The quantitative estimate of drug-likeness (QED) is 0.668. The van der Waals surface area contributed by atoms with E-state index in [2.05, 4.69) is 37.5 Å². The van der Waals surface area contributed by atoms with Gasteiger partial charge in [-0.05, 0) is 45.7 Å². The molecule has 2 heterocycles. The molecule has 0 amide bonds. The summed E-state index contributed by atoms with van der Waals surface area (Å²) < 4.78 is 8.02. The van der Waals surface area contributed by atoms with Gasteiger partial charge in [0.1, 0.15) is 0 Å². The standard InChI is InChI=1S/C12H19NO/c1-10-5-6-11(2)13(10)12(3)7-4-8-14-9-12/h5-6H,4,7-9H2,1-3H3. The third-order valence-electron chi connectivity index (χ3n) is 3.23. The normalized spacial score (nSPS) is 27.9. The minimum absolute atomic E-state index is 0.177. The monoisotopic (exact) mass is 193 g/mol. The minimum atomic E-state index is 0.177. The molecule has 0 spiro atoms. The second-order valence-electron chi connectivity index (χ2n) is 4.60. The van der Waals surface area contributed by atoms with E-state index in [1.165, 1.54) is 24.2 Å². The van der Waals surface area contributed by atoms with Gasteiger partial charge in [0.25, 0.3) is 0 Å². The Balaban J connectivity index is 2.36. The average molecular weight is 193 g/mol. The van der Waals surface area contributed by atoms with Gasteiger partial charge in [-0.2, -0.15) is 0 Å². The smallest absolute Gasteiger partial charge is 0.0699 e. The lowest BCUT2D eigenvalue weighted by molar-refractivity contribution is 0.00797. The number of ether oxygens (including phenoxy) is 1. The van der Waals surface area contributed by atoms with Crippen molar-refractivity contribution < 1.29 is 4.74 Å². The van der Waals surface area contributed by atoms with Crippen LogP contribution in [-0.4, -0.2) is 17.8 Å². The van der Waals surface area contributed by atoms with E-state index in [0.29, 0.717) is 0 Å². The van der Waals surface area contributed by atoms with Crippen molar-refractivity contribution in [3.63, 3.8) is 0 Å². The van der Waals surface area contributed by atoms with Crippen molar-refractivity contribution in [3.8, 4) is 0 Å². The largest absolute Gasteiger partial charge is 0.379 e. The van der Waals surface area contributed by atoms with E-state index in [-0.39, 0.29) is 5.54 Å². The molecule has 1 atom stereocenters. The Hall–Kier alpha value is -0.760. The van der Waals surface area contributed by atoms with Crippen LogP contribution in [0.1, 0.15) is 31.2 Å². The van der Waals surface area contributed by atoms with Gasteiger partial charge in [0.15, 0.2) is 0 Å². The van der Waals surface area contributed by atoms with Crippen molar-refractivity contribution in [3.05, 3.63) is 23.5 Å². The van der Waals surface area contributed by atoms with Crippen LogP contribution in [0.3, 0.4) is 0 Å². The predicted octanol–water partition coefficient (Wildman–Crippen LogP) is 2.63. The van der Waals surface area contributed by atoms with E-state index in [1.54, 1.807) is 0 Å². The zero-order valence-electron chi connectivity index (χ0n) is 9.34. The van der Waals surface area contributed by atoms with Crippen molar-refractivity contribution in [2.24, 2.45) is 0 Å². The van der Waals surface area contributed by atoms with E-state index >= 15 is 0 Å². The first-order chi connectivity index (χ1) is 6.63. The summed E-state index contributed by atoms with van der Waals surface area (Å²) in [6.07, 6.45) is 2.40. The molecule has 1 unspecified atom stereocenters. The van der Waals surface area contributed by atoms with Gasteiger partial charge in [0, 0.05) is 18.0 Å². The van der Waals surface area contributed by atoms with Gasteiger partial charge in [-0.3, -0.25) is 0 Å². The molecule has 2 nitrogen and oxygen atoms in total. The highest BCUT2D eigenvalue weighted by Gasteiger charge is 2.30. The molecule has 0 aliphatic carbocycles. The minimum Gasteiger partial charge on any atom is -0.379 e. The maximum Gasteiger partial charge on any atom is 0.0699 e. The molecule has 14 heavy (non-hydrogen) atoms. The number of hydrogen-bond acceptors (Lipinski definition) is 1. The molecule has 1 fully saturated rings. The summed E-state index contributed by atoms with van der Waals surface area (Å²) in [5, 5.41) is 0. The van der Waals surface area contributed by atoms with Crippen LogP contribution >= 0.6 is 0 Å². The molecule has 2 rings (SSSR count). The average Bonchev–Trinajstić information content (AvgIpc) is 2.48. The van der Waals surface area contributed by atoms with E-state index in [4.69, 9.17) is 4.74 Å². The summed E-state index contributed by atoms with van der Waals surface area (Å²) in [6, 6.07) is 4.38. The van der Waals surface area contributed by atoms with Crippen LogP contribution in [0.5, 0.6) is 0 Å². The topological polar surface area (TPSA) is 14.2 Å². The van der Waals surface area contributed by atoms with E-state index in [1.807, 2.05) is 0 Å². The van der Waals surface area contributed by atoms with E-state index in [9.17, 15) is 0 Å². The first-order valence-electron chi connectivity index (χ1n) is 5.37. The molecule has 1 saturated heterocycles. The lowest BCUT2D eigenvalue weighted by atomic mass is 9.94. The number of rotatable bonds is 1. The lowest BCUT2D eigenvalue weighted by Gasteiger charge is -2.37. The first-order valence-corrected chi connectivity index (χ1v) is 5.37. The predicted molar refractivity (Wildman–Crippen MR) is 57.6 cm³/mol. The fourth-order valence-corrected chi connectivity index (χ4v) is 2.62. The van der Waals surface area contributed by atoms with Gasteiger partial charge in [-0.25, -0.2) is 0 Å². The number of aromatic nitrogens is 1. The Kier molecular flexibility index (Phi) is 2.40. The highest BCUT2D eigenvalue weighted by molar-refractivity contribution is 5.17. The second-order valence-corrected chi connectivity index (χ2v) is 4.60. The number of aryl methyl sites for hydroxylation is 2. The van der Waals surface area contributed by atoms with Gasteiger partial charge in [0.2, 0.25) is 0 Å². The SMILES string of the molecule is Cc1ccc(C)n1C1(C)CCCOC1. The summed E-state index contributed by atoms with van der Waals surface area (Å²) in [7, 11) is 0. The Morgan fingerprint density at radius 3 is 2.43 bits per heavy atom. The summed E-state index contributed by atoms with van der Waals surface area (Å²) >= 11 is 0. The fourth-order valence-electron chi connectivity index (χ4n) is 2.62. The highest BCUT2D eigenvalue weighted by atomic mass is 16.5. The van der Waals surface area contributed by atoms with Crippen LogP contribution in [0, 0.1) is 13.8 Å². The molecule has 0 N–H and O–H groups in total. The third kappa shape index (κ3) is 1.48. The van der Waals surface area contributed by atoms with E-state index in [0.717, 1.165) is 13.2 Å². The van der Waals surface area contributed by atoms with Crippen molar-refractivity contribution in [1.82, 2.24) is 4.57 Å². The zero-order chi connectivity index (χ0) is 10.2. The maximum atomic E-state index is 5.60. The molecule has 1 aliphatic heterocycles.